The van der Waals surface area contributed by atoms with Crippen molar-refractivity contribution in [1.82, 2.24) is 0 Å². The van der Waals surface area contributed by atoms with E-state index >= 15 is 0 Å². The molecule has 0 bridgehead atoms. The summed E-state index contributed by atoms with van der Waals surface area (Å²) in [4.78, 5) is 12.9. The molecule has 1 atom stereocenters. The van der Waals surface area contributed by atoms with Crippen LogP contribution >= 0.6 is 0 Å². The van der Waals surface area contributed by atoms with E-state index in [2.05, 4.69) is 0 Å². The van der Waals surface area contributed by atoms with E-state index in [1.165, 1.54) is 12.8 Å². The van der Waals surface area contributed by atoms with Crippen molar-refractivity contribution in [3.63, 3.8) is 0 Å². The van der Waals surface area contributed by atoms with Gasteiger partial charge in [0.15, 0.2) is 11.4 Å². The van der Waals surface area contributed by atoms with E-state index in [1.54, 1.807) is 7.11 Å². The summed E-state index contributed by atoms with van der Waals surface area (Å²) in [5, 5.41) is 9.88. The number of carbonyl (C=O) groups excluding carboxylic acids is 1. The van der Waals surface area contributed by atoms with Gasteiger partial charge in [0.05, 0.1) is 6.61 Å². The van der Waals surface area contributed by atoms with Gasteiger partial charge < -0.3 is 9.84 Å². The number of carbonyl (C=O) groups is 1. The highest BCUT2D eigenvalue weighted by Crippen LogP contribution is 2.39. The first kappa shape index (κ1) is 15.0. The second-order valence-electron chi connectivity index (χ2n) is 6.29. The van der Waals surface area contributed by atoms with Gasteiger partial charge in [0.1, 0.15) is 0 Å². The molecule has 2 rings (SSSR count). The molecule has 0 spiro atoms. The normalized spacial score (nSPS) is 26.0. The topological polar surface area (TPSA) is 46.5 Å². The number of ketones is 1. The predicted octanol–water partition coefficient (Wildman–Crippen LogP) is 3.09. The lowest BCUT2D eigenvalue weighted by Crippen LogP contribution is -2.54. The number of hydrogen-bond donors (Lipinski definition) is 1. The van der Waals surface area contributed by atoms with Crippen LogP contribution in [0.25, 0.3) is 0 Å². The zero-order valence-corrected chi connectivity index (χ0v) is 12.2. The minimum absolute atomic E-state index is 0.114. The average molecular weight is 268 g/mol. The second kappa shape index (κ2) is 6.85. The fraction of sp³-hybridized carbons (Fsp3) is 0.938. The maximum Gasteiger partial charge on any atom is 0.170 e. The molecule has 2 aliphatic rings. The Bertz CT molecular complexity index is 284. The van der Waals surface area contributed by atoms with E-state index in [0.717, 1.165) is 51.4 Å². The highest BCUT2D eigenvalue weighted by Gasteiger charge is 2.48. The first-order chi connectivity index (χ1) is 9.24. The Hall–Kier alpha value is -0.410. The van der Waals surface area contributed by atoms with Gasteiger partial charge in [0.25, 0.3) is 0 Å². The van der Waals surface area contributed by atoms with Crippen LogP contribution in [0.3, 0.4) is 0 Å². The molecule has 3 heteroatoms. The van der Waals surface area contributed by atoms with Crippen molar-refractivity contribution in [3.8, 4) is 0 Å². The minimum atomic E-state index is -0.914. The van der Waals surface area contributed by atoms with Gasteiger partial charge in [-0.25, -0.2) is 0 Å². The van der Waals surface area contributed by atoms with Gasteiger partial charge >= 0.3 is 0 Å². The van der Waals surface area contributed by atoms with Gasteiger partial charge in [-0.2, -0.15) is 0 Å². The Kier molecular flexibility index (Phi) is 5.40. The lowest BCUT2D eigenvalue weighted by molar-refractivity contribution is -0.163. The molecule has 1 N–H and O–H groups in total. The highest BCUT2D eigenvalue weighted by atomic mass is 16.5. The minimum Gasteiger partial charge on any atom is -0.393 e. The summed E-state index contributed by atoms with van der Waals surface area (Å²) < 4.78 is 5.64. The van der Waals surface area contributed by atoms with Crippen LogP contribution in [-0.2, 0) is 9.53 Å². The Labute approximate surface area is 116 Å². The number of methoxy groups -OCH3 is 1. The summed E-state index contributed by atoms with van der Waals surface area (Å²) in [5.41, 5.74) is -0.914. The summed E-state index contributed by atoms with van der Waals surface area (Å²) in [6, 6.07) is 0. The van der Waals surface area contributed by atoms with E-state index in [1.807, 2.05) is 0 Å². The smallest absolute Gasteiger partial charge is 0.170 e. The maximum atomic E-state index is 12.9. The zero-order chi connectivity index (χ0) is 13.7. The third-order valence-corrected chi connectivity index (χ3v) is 5.26. The van der Waals surface area contributed by atoms with Gasteiger partial charge in [0.2, 0.25) is 0 Å². The first-order valence-corrected chi connectivity index (χ1v) is 7.95. The monoisotopic (exact) mass is 268 g/mol. The molecule has 0 aliphatic heterocycles. The Morgan fingerprint density at radius 1 is 1.05 bits per heavy atom. The van der Waals surface area contributed by atoms with Crippen molar-refractivity contribution in [2.24, 2.45) is 11.8 Å². The van der Waals surface area contributed by atoms with E-state index in [4.69, 9.17) is 4.74 Å². The van der Waals surface area contributed by atoms with Crippen LogP contribution in [0.4, 0.5) is 0 Å². The van der Waals surface area contributed by atoms with E-state index in [-0.39, 0.29) is 24.2 Å². The first-order valence-electron chi connectivity index (χ1n) is 7.95. The molecule has 110 valence electrons. The Morgan fingerprint density at radius 3 is 2.05 bits per heavy atom. The Morgan fingerprint density at radius 2 is 1.58 bits per heavy atom. The molecule has 19 heavy (non-hydrogen) atoms. The fourth-order valence-electron chi connectivity index (χ4n) is 4.02. The molecule has 2 saturated carbocycles. The van der Waals surface area contributed by atoms with Gasteiger partial charge in [-0.05, 0) is 31.6 Å². The van der Waals surface area contributed by atoms with E-state index in [0.29, 0.717) is 0 Å². The standard InChI is InChI=1S/C16H28O3/c1-19-16(12-17,14-10-6-3-7-11-14)15(18)13-8-4-2-5-9-13/h13-14,17H,2-12H2,1H3. The number of rotatable bonds is 5. The van der Waals surface area contributed by atoms with Gasteiger partial charge in [-0.15, -0.1) is 0 Å². The molecule has 2 fully saturated rings. The Balaban J connectivity index is 2.13. The molecule has 1 unspecified atom stereocenters. The van der Waals surface area contributed by atoms with Crippen LogP contribution in [0.1, 0.15) is 64.2 Å². The van der Waals surface area contributed by atoms with Crippen molar-refractivity contribution < 1.29 is 14.6 Å². The fourth-order valence-corrected chi connectivity index (χ4v) is 4.02. The summed E-state index contributed by atoms with van der Waals surface area (Å²) in [7, 11) is 1.60. The summed E-state index contributed by atoms with van der Waals surface area (Å²) >= 11 is 0. The van der Waals surface area contributed by atoms with Crippen molar-refractivity contribution >= 4 is 5.78 Å². The third kappa shape index (κ3) is 3.03. The van der Waals surface area contributed by atoms with Crippen LogP contribution in [0.15, 0.2) is 0 Å². The summed E-state index contributed by atoms with van der Waals surface area (Å²) in [6.45, 7) is -0.149. The lowest BCUT2D eigenvalue weighted by atomic mass is 9.70. The quantitative estimate of drug-likeness (QED) is 0.833. The van der Waals surface area contributed by atoms with Crippen LogP contribution in [-0.4, -0.2) is 30.2 Å². The van der Waals surface area contributed by atoms with Crippen molar-refractivity contribution in [2.75, 3.05) is 13.7 Å². The van der Waals surface area contributed by atoms with Gasteiger partial charge in [0, 0.05) is 13.0 Å². The molecular weight excluding hydrogens is 240 g/mol. The average Bonchev–Trinajstić information content (AvgIpc) is 2.51. The molecular formula is C16H28O3. The molecule has 0 aromatic rings. The molecule has 3 nitrogen and oxygen atoms in total. The number of aliphatic hydroxyl groups is 1. The van der Waals surface area contributed by atoms with Crippen LogP contribution < -0.4 is 0 Å². The van der Waals surface area contributed by atoms with Crippen LogP contribution in [0.5, 0.6) is 0 Å². The molecule has 0 aromatic heterocycles. The number of hydrogen-bond acceptors (Lipinski definition) is 3. The number of aliphatic hydroxyl groups excluding tert-OH is 1. The van der Waals surface area contributed by atoms with Crippen molar-refractivity contribution in [3.05, 3.63) is 0 Å². The third-order valence-electron chi connectivity index (χ3n) is 5.26. The van der Waals surface area contributed by atoms with Gasteiger partial charge in [-0.1, -0.05) is 38.5 Å². The number of ether oxygens (including phenoxy) is 1. The van der Waals surface area contributed by atoms with Crippen LogP contribution in [0, 0.1) is 11.8 Å². The largest absolute Gasteiger partial charge is 0.393 e. The summed E-state index contributed by atoms with van der Waals surface area (Å²) in [6.07, 6.45) is 11.1. The zero-order valence-electron chi connectivity index (χ0n) is 12.2. The summed E-state index contributed by atoms with van der Waals surface area (Å²) in [5.74, 6) is 0.512. The molecule has 2 aliphatic carbocycles. The molecule has 0 aromatic carbocycles. The molecule has 0 heterocycles. The van der Waals surface area contributed by atoms with E-state index < -0.39 is 5.60 Å². The lowest BCUT2D eigenvalue weighted by Gasteiger charge is -2.41. The van der Waals surface area contributed by atoms with Gasteiger partial charge in [-0.3, -0.25) is 4.79 Å². The van der Waals surface area contributed by atoms with Crippen molar-refractivity contribution in [1.29, 1.82) is 0 Å². The maximum absolute atomic E-state index is 12.9. The predicted molar refractivity (Wildman–Crippen MR) is 75.0 cm³/mol. The highest BCUT2D eigenvalue weighted by molar-refractivity contribution is 5.90. The molecule has 0 saturated heterocycles. The molecule has 0 amide bonds. The van der Waals surface area contributed by atoms with E-state index in [9.17, 15) is 9.90 Å². The van der Waals surface area contributed by atoms with Crippen LogP contribution in [0.2, 0.25) is 0 Å². The van der Waals surface area contributed by atoms with Crippen molar-refractivity contribution in [2.45, 2.75) is 69.8 Å². The number of Topliss-reactive ketones (excluding diaryl/α,β-unsaturated/α-hetero) is 1. The SMILES string of the molecule is COC(CO)(C(=O)C1CCCCC1)C1CCCCC1. The molecule has 0 radical (unpaired) electrons. The second-order valence-corrected chi connectivity index (χ2v) is 6.29.